The number of nitrogens with zero attached hydrogens (tertiary/aromatic N) is 1. The third kappa shape index (κ3) is 2.47. The number of benzene rings is 1. The number of aryl methyl sites for hydroxylation is 2. The van der Waals surface area contributed by atoms with Gasteiger partial charge in [-0.1, -0.05) is 5.92 Å². The second-order valence-corrected chi connectivity index (χ2v) is 3.27. The second kappa shape index (κ2) is 4.47. The van der Waals surface area contributed by atoms with Gasteiger partial charge in [0.1, 0.15) is 5.69 Å². The van der Waals surface area contributed by atoms with Crippen molar-refractivity contribution in [2.75, 3.05) is 11.9 Å². The van der Waals surface area contributed by atoms with Crippen molar-refractivity contribution in [2.45, 2.75) is 13.8 Å². The van der Waals surface area contributed by atoms with Crippen molar-refractivity contribution in [1.82, 2.24) is 0 Å². The largest absolute Gasteiger partial charge is 0.369 e. The molecule has 0 bridgehead atoms. The van der Waals surface area contributed by atoms with Crippen LogP contribution in [0.5, 0.6) is 0 Å². The number of anilines is 1. The lowest BCUT2D eigenvalue weighted by Crippen LogP contribution is -2.03. The van der Waals surface area contributed by atoms with Crippen molar-refractivity contribution in [3.8, 4) is 12.3 Å². The Morgan fingerprint density at radius 1 is 1.47 bits per heavy atom. The molecule has 0 aliphatic heterocycles. The van der Waals surface area contributed by atoms with E-state index < -0.39 is 4.92 Å². The van der Waals surface area contributed by atoms with Crippen LogP contribution >= 0.6 is 0 Å². The van der Waals surface area contributed by atoms with E-state index in [4.69, 9.17) is 6.42 Å². The summed E-state index contributed by atoms with van der Waals surface area (Å²) in [5, 5.41) is 13.6. The first-order chi connectivity index (χ1) is 7.06. The molecule has 0 fully saturated rings. The van der Waals surface area contributed by atoms with Crippen LogP contribution in [0.15, 0.2) is 12.1 Å². The lowest BCUT2D eigenvalue weighted by molar-refractivity contribution is -0.384. The fourth-order valence-corrected chi connectivity index (χ4v) is 1.24. The maximum atomic E-state index is 10.8. The summed E-state index contributed by atoms with van der Waals surface area (Å²) in [5.74, 6) is 2.38. The van der Waals surface area contributed by atoms with E-state index in [2.05, 4.69) is 11.2 Å². The molecule has 0 saturated carbocycles. The zero-order valence-electron chi connectivity index (χ0n) is 8.70. The van der Waals surface area contributed by atoms with Gasteiger partial charge in [-0.3, -0.25) is 10.1 Å². The first kappa shape index (κ1) is 11.1. The molecule has 0 radical (unpaired) electrons. The van der Waals surface area contributed by atoms with Crippen molar-refractivity contribution in [3.63, 3.8) is 0 Å². The average molecular weight is 204 g/mol. The number of nitrogens with one attached hydrogen (secondary N) is 1. The predicted octanol–water partition coefficient (Wildman–Crippen LogP) is 2.26. The molecular formula is C11H12N2O2. The van der Waals surface area contributed by atoms with Crippen LogP contribution in [0.25, 0.3) is 0 Å². The van der Waals surface area contributed by atoms with E-state index in [1.54, 1.807) is 12.1 Å². The molecule has 0 saturated heterocycles. The summed E-state index contributed by atoms with van der Waals surface area (Å²) in [5.41, 5.74) is 2.43. The van der Waals surface area contributed by atoms with E-state index >= 15 is 0 Å². The van der Waals surface area contributed by atoms with Gasteiger partial charge in [-0.25, -0.2) is 0 Å². The Morgan fingerprint density at radius 3 is 2.60 bits per heavy atom. The van der Waals surface area contributed by atoms with Gasteiger partial charge in [0.2, 0.25) is 0 Å². The Hall–Kier alpha value is -2.02. The average Bonchev–Trinajstić information content (AvgIpc) is 2.19. The van der Waals surface area contributed by atoms with Gasteiger partial charge in [-0.15, -0.1) is 6.42 Å². The molecule has 1 aromatic carbocycles. The fourth-order valence-electron chi connectivity index (χ4n) is 1.24. The summed E-state index contributed by atoms with van der Waals surface area (Å²) >= 11 is 0. The molecule has 0 aliphatic rings. The van der Waals surface area contributed by atoms with Gasteiger partial charge in [0, 0.05) is 6.07 Å². The SMILES string of the molecule is C#CCNc1cc(C)c(C)cc1[N+](=O)[O-]. The lowest BCUT2D eigenvalue weighted by Gasteiger charge is -2.07. The Balaban J connectivity index is 3.17. The van der Waals surface area contributed by atoms with Crippen LogP contribution in [0.2, 0.25) is 0 Å². The van der Waals surface area contributed by atoms with E-state index in [9.17, 15) is 10.1 Å². The summed E-state index contributed by atoms with van der Waals surface area (Å²) in [6, 6.07) is 3.29. The molecule has 0 aromatic heterocycles. The highest BCUT2D eigenvalue weighted by Gasteiger charge is 2.14. The molecule has 78 valence electrons. The van der Waals surface area contributed by atoms with Gasteiger partial charge in [-0.05, 0) is 31.0 Å². The summed E-state index contributed by atoms with van der Waals surface area (Å²) in [6.45, 7) is 4.02. The van der Waals surface area contributed by atoms with Crippen molar-refractivity contribution in [2.24, 2.45) is 0 Å². The molecule has 0 aliphatic carbocycles. The third-order valence-electron chi connectivity index (χ3n) is 2.19. The molecule has 1 aromatic rings. The molecule has 15 heavy (non-hydrogen) atoms. The van der Waals surface area contributed by atoms with Crippen LogP contribution in [0.3, 0.4) is 0 Å². The predicted molar refractivity (Wildman–Crippen MR) is 59.9 cm³/mol. The van der Waals surface area contributed by atoms with Crippen LogP contribution in [-0.4, -0.2) is 11.5 Å². The van der Waals surface area contributed by atoms with E-state index in [0.717, 1.165) is 11.1 Å². The van der Waals surface area contributed by atoms with Crippen molar-refractivity contribution in [3.05, 3.63) is 33.4 Å². The number of rotatable bonds is 3. The summed E-state index contributed by atoms with van der Waals surface area (Å²) in [7, 11) is 0. The van der Waals surface area contributed by atoms with Crippen LogP contribution < -0.4 is 5.32 Å². The van der Waals surface area contributed by atoms with Gasteiger partial charge in [0.15, 0.2) is 0 Å². The van der Waals surface area contributed by atoms with Gasteiger partial charge < -0.3 is 5.32 Å². The van der Waals surface area contributed by atoms with Crippen LogP contribution in [0, 0.1) is 36.3 Å². The molecule has 0 heterocycles. The Labute approximate surface area is 88.5 Å². The minimum absolute atomic E-state index is 0.0633. The van der Waals surface area contributed by atoms with Crippen LogP contribution in [0.4, 0.5) is 11.4 Å². The zero-order chi connectivity index (χ0) is 11.4. The first-order valence-electron chi connectivity index (χ1n) is 4.49. The van der Waals surface area contributed by atoms with Crippen molar-refractivity contribution >= 4 is 11.4 Å². The number of hydrogen-bond donors (Lipinski definition) is 1. The quantitative estimate of drug-likeness (QED) is 0.466. The molecule has 0 spiro atoms. The Morgan fingerprint density at radius 2 is 2.07 bits per heavy atom. The Kier molecular flexibility index (Phi) is 3.29. The molecule has 0 amide bonds. The minimum Gasteiger partial charge on any atom is -0.369 e. The number of terminal acetylenes is 1. The fraction of sp³-hybridized carbons (Fsp3) is 0.273. The molecule has 4 heteroatoms. The van der Waals surface area contributed by atoms with E-state index in [1.165, 1.54) is 0 Å². The smallest absolute Gasteiger partial charge is 0.292 e. The standard InChI is InChI=1S/C11H12N2O2/c1-4-5-12-10-6-8(2)9(3)7-11(10)13(14)15/h1,6-7,12H,5H2,2-3H3. The topological polar surface area (TPSA) is 55.2 Å². The molecular weight excluding hydrogens is 192 g/mol. The number of nitro groups is 1. The monoisotopic (exact) mass is 204 g/mol. The molecule has 1 rings (SSSR count). The summed E-state index contributed by atoms with van der Waals surface area (Å²) in [4.78, 5) is 10.4. The Bertz CT molecular complexity index is 433. The van der Waals surface area contributed by atoms with Crippen LogP contribution in [0.1, 0.15) is 11.1 Å². The third-order valence-corrected chi connectivity index (χ3v) is 2.19. The first-order valence-corrected chi connectivity index (χ1v) is 4.49. The second-order valence-electron chi connectivity index (χ2n) is 3.27. The summed E-state index contributed by atoms with van der Waals surface area (Å²) in [6.07, 6.45) is 5.09. The highest BCUT2D eigenvalue weighted by molar-refractivity contribution is 5.64. The van der Waals surface area contributed by atoms with Crippen LogP contribution in [-0.2, 0) is 0 Å². The van der Waals surface area contributed by atoms with E-state index in [1.807, 2.05) is 13.8 Å². The van der Waals surface area contributed by atoms with Crippen molar-refractivity contribution < 1.29 is 4.92 Å². The maximum Gasteiger partial charge on any atom is 0.292 e. The van der Waals surface area contributed by atoms with E-state index in [0.29, 0.717) is 5.69 Å². The number of nitro benzene ring substituents is 1. The minimum atomic E-state index is -0.411. The normalized spacial score (nSPS) is 9.40. The van der Waals surface area contributed by atoms with Gasteiger partial charge >= 0.3 is 0 Å². The van der Waals surface area contributed by atoms with Gasteiger partial charge in [-0.2, -0.15) is 0 Å². The molecule has 4 nitrogen and oxygen atoms in total. The molecule has 1 N–H and O–H groups in total. The van der Waals surface area contributed by atoms with Crippen molar-refractivity contribution in [1.29, 1.82) is 0 Å². The summed E-state index contributed by atoms with van der Waals surface area (Å²) < 4.78 is 0. The highest BCUT2D eigenvalue weighted by atomic mass is 16.6. The van der Waals surface area contributed by atoms with E-state index in [-0.39, 0.29) is 12.2 Å². The van der Waals surface area contributed by atoms with Gasteiger partial charge in [0.25, 0.3) is 5.69 Å². The van der Waals surface area contributed by atoms with Gasteiger partial charge in [0.05, 0.1) is 11.5 Å². The molecule has 0 atom stereocenters. The lowest BCUT2D eigenvalue weighted by atomic mass is 10.1. The highest BCUT2D eigenvalue weighted by Crippen LogP contribution is 2.27. The molecule has 0 unspecified atom stereocenters. The number of hydrogen-bond acceptors (Lipinski definition) is 3. The maximum absolute atomic E-state index is 10.8. The zero-order valence-corrected chi connectivity index (χ0v) is 8.70.